The fraction of sp³-hybridized carbons (Fsp3) is 0.125. The van der Waals surface area contributed by atoms with Gasteiger partial charge in [-0.3, -0.25) is 0 Å². The van der Waals surface area contributed by atoms with E-state index in [1.54, 1.807) is 17.4 Å². The normalized spacial score (nSPS) is 12.8. The maximum atomic E-state index is 13.4. The Morgan fingerprint density at radius 2 is 2.00 bits per heavy atom. The first-order chi connectivity index (χ1) is 9.63. The molecule has 1 atom stereocenters. The molecule has 1 unspecified atom stereocenters. The minimum atomic E-state index is -0.708. The SMILES string of the molecule is OC(Cc1csc2ccccc12)c1cc(F)cc(Br)c1. The lowest BCUT2D eigenvalue weighted by atomic mass is 10.0. The van der Waals surface area contributed by atoms with E-state index < -0.39 is 6.10 Å². The Labute approximate surface area is 128 Å². The monoisotopic (exact) mass is 350 g/mol. The third-order valence-corrected chi connectivity index (χ3v) is 4.71. The zero-order valence-corrected chi connectivity index (χ0v) is 12.9. The lowest BCUT2D eigenvalue weighted by molar-refractivity contribution is 0.178. The maximum absolute atomic E-state index is 13.4. The molecule has 0 fully saturated rings. The summed E-state index contributed by atoms with van der Waals surface area (Å²) >= 11 is 4.91. The van der Waals surface area contributed by atoms with Crippen molar-refractivity contribution in [3.63, 3.8) is 0 Å². The van der Waals surface area contributed by atoms with E-state index in [0.29, 0.717) is 16.5 Å². The van der Waals surface area contributed by atoms with E-state index in [0.717, 1.165) is 10.9 Å². The first-order valence-electron chi connectivity index (χ1n) is 6.22. The predicted octanol–water partition coefficient (Wildman–Crippen LogP) is 5.08. The van der Waals surface area contributed by atoms with Crippen LogP contribution in [0, 0.1) is 5.82 Å². The number of rotatable bonds is 3. The second kappa shape index (κ2) is 5.64. The van der Waals surface area contributed by atoms with Crippen LogP contribution in [-0.2, 0) is 6.42 Å². The van der Waals surface area contributed by atoms with Crippen molar-refractivity contribution in [2.24, 2.45) is 0 Å². The summed E-state index contributed by atoms with van der Waals surface area (Å²) in [5, 5.41) is 13.5. The number of aliphatic hydroxyl groups excluding tert-OH is 1. The van der Waals surface area contributed by atoms with Crippen molar-refractivity contribution in [3.05, 3.63) is 69.3 Å². The first-order valence-corrected chi connectivity index (χ1v) is 7.90. The molecule has 4 heteroatoms. The molecule has 0 aliphatic carbocycles. The topological polar surface area (TPSA) is 20.2 Å². The summed E-state index contributed by atoms with van der Waals surface area (Å²) in [6.45, 7) is 0. The van der Waals surface area contributed by atoms with Gasteiger partial charge in [0.1, 0.15) is 5.82 Å². The summed E-state index contributed by atoms with van der Waals surface area (Å²) in [7, 11) is 0. The van der Waals surface area contributed by atoms with Gasteiger partial charge in [-0.05, 0) is 46.2 Å². The number of benzene rings is 2. The van der Waals surface area contributed by atoms with Crippen LogP contribution in [0.2, 0.25) is 0 Å². The number of aliphatic hydroxyl groups is 1. The van der Waals surface area contributed by atoms with Crippen molar-refractivity contribution in [1.82, 2.24) is 0 Å². The van der Waals surface area contributed by atoms with Gasteiger partial charge in [0.05, 0.1) is 6.10 Å². The molecule has 1 nitrogen and oxygen atoms in total. The highest BCUT2D eigenvalue weighted by Crippen LogP contribution is 2.30. The molecule has 102 valence electrons. The summed E-state index contributed by atoms with van der Waals surface area (Å²) in [6.07, 6.45) is -0.222. The number of halogens is 2. The molecule has 0 aliphatic heterocycles. The van der Waals surface area contributed by atoms with E-state index in [-0.39, 0.29) is 5.82 Å². The molecular weight excluding hydrogens is 339 g/mol. The number of thiophene rings is 1. The van der Waals surface area contributed by atoms with Crippen LogP contribution in [0.25, 0.3) is 10.1 Å². The summed E-state index contributed by atoms with van der Waals surface area (Å²) in [4.78, 5) is 0. The van der Waals surface area contributed by atoms with E-state index in [4.69, 9.17) is 0 Å². The van der Waals surface area contributed by atoms with Gasteiger partial charge >= 0.3 is 0 Å². The number of hydrogen-bond donors (Lipinski definition) is 1. The molecule has 1 N–H and O–H groups in total. The summed E-state index contributed by atoms with van der Waals surface area (Å²) in [5.74, 6) is -0.344. The van der Waals surface area contributed by atoms with Crippen molar-refractivity contribution in [2.45, 2.75) is 12.5 Å². The van der Waals surface area contributed by atoms with Gasteiger partial charge in [-0.1, -0.05) is 34.1 Å². The van der Waals surface area contributed by atoms with E-state index in [9.17, 15) is 9.50 Å². The molecule has 0 bridgehead atoms. The van der Waals surface area contributed by atoms with Crippen molar-refractivity contribution in [3.8, 4) is 0 Å². The van der Waals surface area contributed by atoms with Crippen LogP contribution in [-0.4, -0.2) is 5.11 Å². The highest BCUT2D eigenvalue weighted by atomic mass is 79.9. The quantitative estimate of drug-likeness (QED) is 0.698. The van der Waals surface area contributed by atoms with E-state index >= 15 is 0 Å². The van der Waals surface area contributed by atoms with Gasteiger partial charge in [-0.25, -0.2) is 4.39 Å². The summed E-state index contributed by atoms with van der Waals surface area (Å²) in [5.41, 5.74) is 1.69. The number of fused-ring (bicyclic) bond motifs is 1. The molecule has 1 aromatic heterocycles. The molecule has 20 heavy (non-hydrogen) atoms. The van der Waals surface area contributed by atoms with Crippen molar-refractivity contribution in [2.75, 3.05) is 0 Å². The van der Waals surface area contributed by atoms with E-state index in [1.165, 1.54) is 16.8 Å². The Kier molecular flexibility index (Phi) is 3.87. The molecule has 1 heterocycles. The Hall–Kier alpha value is -1.23. The molecule has 0 spiro atoms. The zero-order valence-electron chi connectivity index (χ0n) is 10.5. The third kappa shape index (κ3) is 2.77. The minimum absolute atomic E-state index is 0.344. The molecule has 3 rings (SSSR count). The molecular formula is C16H12BrFOS. The fourth-order valence-corrected chi connectivity index (χ4v) is 3.74. The minimum Gasteiger partial charge on any atom is -0.388 e. The van der Waals surface area contributed by atoms with E-state index in [2.05, 4.69) is 33.4 Å². The maximum Gasteiger partial charge on any atom is 0.124 e. The zero-order chi connectivity index (χ0) is 14.1. The Balaban J connectivity index is 1.90. The molecule has 0 radical (unpaired) electrons. The average Bonchev–Trinajstić information content (AvgIpc) is 2.81. The molecule has 0 aliphatic rings. The molecule has 3 aromatic rings. The summed E-state index contributed by atoms with van der Waals surface area (Å²) < 4.78 is 15.2. The molecule has 2 aromatic carbocycles. The number of hydrogen-bond acceptors (Lipinski definition) is 2. The highest BCUT2D eigenvalue weighted by molar-refractivity contribution is 9.10. The lowest BCUT2D eigenvalue weighted by Gasteiger charge is -2.11. The van der Waals surface area contributed by atoms with Gasteiger partial charge in [0, 0.05) is 15.6 Å². The molecule has 0 amide bonds. The van der Waals surface area contributed by atoms with Gasteiger partial charge in [-0.15, -0.1) is 11.3 Å². The van der Waals surface area contributed by atoms with Gasteiger partial charge in [0.2, 0.25) is 0 Å². The highest BCUT2D eigenvalue weighted by Gasteiger charge is 2.13. The van der Waals surface area contributed by atoms with Gasteiger partial charge < -0.3 is 5.11 Å². The standard InChI is InChI=1S/C16H12BrFOS/c17-12-5-10(6-13(18)8-12)15(19)7-11-9-20-16-4-2-1-3-14(11)16/h1-6,8-9,15,19H,7H2. The van der Waals surface area contributed by atoms with Crippen molar-refractivity contribution in [1.29, 1.82) is 0 Å². The first kappa shape index (κ1) is 13.7. The van der Waals surface area contributed by atoms with Crippen LogP contribution >= 0.6 is 27.3 Å². The Morgan fingerprint density at radius 3 is 2.80 bits per heavy atom. The second-order valence-electron chi connectivity index (χ2n) is 4.68. The smallest absolute Gasteiger partial charge is 0.124 e. The van der Waals surface area contributed by atoms with Crippen LogP contribution in [0.4, 0.5) is 4.39 Å². The largest absolute Gasteiger partial charge is 0.388 e. The lowest BCUT2D eigenvalue weighted by Crippen LogP contribution is -2.02. The fourth-order valence-electron chi connectivity index (χ4n) is 2.28. The van der Waals surface area contributed by atoms with Gasteiger partial charge in [0.25, 0.3) is 0 Å². The van der Waals surface area contributed by atoms with E-state index in [1.807, 2.05) is 12.1 Å². The molecule has 0 saturated carbocycles. The van der Waals surface area contributed by atoms with Crippen LogP contribution in [0.3, 0.4) is 0 Å². The molecule has 0 saturated heterocycles. The van der Waals surface area contributed by atoms with Crippen molar-refractivity contribution < 1.29 is 9.50 Å². The van der Waals surface area contributed by atoms with Crippen LogP contribution in [0.15, 0.2) is 52.3 Å². The second-order valence-corrected chi connectivity index (χ2v) is 6.51. The van der Waals surface area contributed by atoms with Crippen LogP contribution < -0.4 is 0 Å². The van der Waals surface area contributed by atoms with Gasteiger partial charge in [0.15, 0.2) is 0 Å². The van der Waals surface area contributed by atoms with Crippen LogP contribution in [0.5, 0.6) is 0 Å². The van der Waals surface area contributed by atoms with Crippen molar-refractivity contribution >= 4 is 37.4 Å². The average molecular weight is 351 g/mol. The van der Waals surface area contributed by atoms with Gasteiger partial charge in [-0.2, -0.15) is 0 Å². The van der Waals surface area contributed by atoms with Crippen LogP contribution in [0.1, 0.15) is 17.2 Å². The Morgan fingerprint density at radius 1 is 1.20 bits per heavy atom. The summed E-state index contributed by atoms with van der Waals surface area (Å²) in [6, 6.07) is 12.6. The Bertz CT molecular complexity index is 733. The third-order valence-electron chi connectivity index (χ3n) is 3.24. The predicted molar refractivity (Wildman–Crippen MR) is 84.6 cm³/mol.